The number of nitrogens with one attached hydrogen (secondary N) is 2. The summed E-state index contributed by atoms with van der Waals surface area (Å²) < 4.78 is 0. The van der Waals surface area contributed by atoms with Crippen LogP contribution in [0, 0.1) is 0 Å². The predicted molar refractivity (Wildman–Crippen MR) is 60.7 cm³/mol. The molecule has 0 saturated carbocycles. The second-order valence-electron chi connectivity index (χ2n) is 3.70. The first-order chi connectivity index (χ1) is 8.56. The van der Waals surface area contributed by atoms with Gasteiger partial charge in [-0.15, -0.1) is 0 Å². The van der Waals surface area contributed by atoms with Crippen molar-refractivity contribution in [2.45, 2.75) is 18.9 Å². The molecule has 1 atom stereocenters. The van der Waals surface area contributed by atoms with Crippen molar-refractivity contribution in [3.63, 3.8) is 0 Å². The number of halogens is 1. The fraction of sp³-hybridized carbons (Fsp3) is 0.300. The van der Waals surface area contributed by atoms with Crippen molar-refractivity contribution in [3.8, 4) is 0 Å². The van der Waals surface area contributed by atoms with E-state index in [9.17, 15) is 14.4 Å². The largest absolute Gasteiger partial charge is 0.339 e. The number of carbonyl (C=O) groups excluding carboxylic acids is 3. The summed E-state index contributed by atoms with van der Waals surface area (Å²) in [6.07, 6.45) is 3.00. The van der Waals surface area contributed by atoms with Gasteiger partial charge >= 0.3 is 0 Å². The van der Waals surface area contributed by atoms with Gasteiger partial charge in [0.25, 0.3) is 5.91 Å². The monoisotopic (exact) mass is 268 g/mol. The van der Waals surface area contributed by atoms with Crippen LogP contribution in [-0.2, 0) is 9.59 Å². The Hall–Kier alpha value is -2.02. The average molecular weight is 269 g/mol. The van der Waals surface area contributed by atoms with Crippen LogP contribution in [0.3, 0.4) is 0 Å². The molecule has 0 radical (unpaired) electrons. The first-order valence-electron chi connectivity index (χ1n) is 5.18. The van der Waals surface area contributed by atoms with Gasteiger partial charge in [0, 0.05) is 6.42 Å². The van der Waals surface area contributed by atoms with E-state index in [-0.39, 0.29) is 29.6 Å². The molecule has 0 aromatic carbocycles. The lowest BCUT2D eigenvalue weighted by Crippen LogP contribution is -2.52. The van der Waals surface area contributed by atoms with E-state index >= 15 is 0 Å². The molecule has 1 aromatic heterocycles. The van der Waals surface area contributed by atoms with Gasteiger partial charge in [-0.05, 0) is 6.42 Å². The molecule has 2 rings (SSSR count). The van der Waals surface area contributed by atoms with Crippen LogP contribution in [0.5, 0.6) is 0 Å². The van der Waals surface area contributed by atoms with Crippen LogP contribution in [0.4, 0.5) is 0 Å². The maximum absolute atomic E-state index is 11.8. The SMILES string of the molecule is O=C1CCC(NC(=O)c2cncc(Cl)n2)C(=O)N1. The third-order valence-corrected chi connectivity index (χ3v) is 2.56. The number of hydrogen-bond donors (Lipinski definition) is 2. The van der Waals surface area contributed by atoms with Gasteiger partial charge in [0.1, 0.15) is 16.9 Å². The van der Waals surface area contributed by atoms with Crippen molar-refractivity contribution in [1.82, 2.24) is 20.6 Å². The second-order valence-corrected chi connectivity index (χ2v) is 4.09. The van der Waals surface area contributed by atoms with Crippen LogP contribution in [0.15, 0.2) is 12.4 Å². The standard InChI is InChI=1S/C10H9ClN4O3/c11-7-4-12-3-6(13-7)10(18)14-5-1-2-8(16)15-9(5)17/h3-5H,1-2H2,(H,14,18)(H,15,16,17). The van der Waals surface area contributed by atoms with E-state index in [1.165, 1.54) is 12.4 Å². The summed E-state index contributed by atoms with van der Waals surface area (Å²) in [5.41, 5.74) is 0.0206. The highest BCUT2D eigenvalue weighted by Crippen LogP contribution is 2.06. The molecule has 8 heteroatoms. The summed E-state index contributed by atoms with van der Waals surface area (Å²) in [5.74, 6) is -1.41. The van der Waals surface area contributed by atoms with Gasteiger partial charge in [-0.3, -0.25) is 24.7 Å². The molecule has 0 bridgehead atoms. The molecule has 7 nitrogen and oxygen atoms in total. The van der Waals surface area contributed by atoms with Crippen molar-refractivity contribution < 1.29 is 14.4 Å². The van der Waals surface area contributed by atoms with Gasteiger partial charge in [0.2, 0.25) is 11.8 Å². The molecule has 94 valence electrons. The fourth-order valence-corrected chi connectivity index (χ4v) is 1.66. The van der Waals surface area contributed by atoms with Gasteiger partial charge in [0.15, 0.2) is 0 Å². The first kappa shape index (κ1) is 12.4. The third kappa shape index (κ3) is 2.80. The van der Waals surface area contributed by atoms with E-state index in [2.05, 4.69) is 20.6 Å². The van der Waals surface area contributed by atoms with Gasteiger partial charge < -0.3 is 5.32 Å². The van der Waals surface area contributed by atoms with Crippen LogP contribution in [0.25, 0.3) is 0 Å². The Morgan fingerprint density at radius 2 is 2.22 bits per heavy atom. The molecule has 2 N–H and O–H groups in total. The predicted octanol–water partition coefficient (Wildman–Crippen LogP) is -0.335. The molecule has 2 heterocycles. The Balaban J connectivity index is 2.03. The highest BCUT2D eigenvalue weighted by molar-refractivity contribution is 6.29. The Bertz CT molecular complexity index is 520. The minimum Gasteiger partial charge on any atom is -0.339 e. The Morgan fingerprint density at radius 3 is 2.89 bits per heavy atom. The molecular formula is C10H9ClN4O3. The number of piperidine rings is 1. The van der Waals surface area contributed by atoms with Crippen LogP contribution < -0.4 is 10.6 Å². The molecule has 1 aliphatic rings. The first-order valence-corrected chi connectivity index (χ1v) is 5.56. The van der Waals surface area contributed by atoms with E-state index < -0.39 is 17.9 Å². The summed E-state index contributed by atoms with van der Waals surface area (Å²) in [6.45, 7) is 0. The van der Waals surface area contributed by atoms with Crippen molar-refractivity contribution in [2.75, 3.05) is 0 Å². The second kappa shape index (κ2) is 5.09. The Labute approximate surface area is 107 Å². The Morgan fingerprint density at radius 1 is 1.44 bits per heavy atom. The summed E-state index contributed by atoms with van der Waals surface area (Å²) in [7, 11) is 0. The molecule has 1 unspecified atom stereocenters. The number of imide groups is 1. The molecule has 18 heavy (non-hydrogen) atoms. The van der Waals surface area contributed by atoms with Crippen LogP contribution in [0.2, 0.25) is 5.15 Å². The van der Waals surface area contributed by atoms with Crippen LogP contribution in [0.1, 0.15) is 23.3 Å². The molecular weight excluding hydrogens is 260 g/mol. The lowest BCUT2D eigenvalue weighted by molar-refractivity contribution is -0.134. The summed E-state index contributed by atoms with van der Waals surface area (Å²) in [5, 5.41) is 4.70. The zero-order valence-corrected chi connectivity index (χ0v) is 9.90. The van der Waals surface area contributed by atoms with E-state index in [1.54, 1.807) is 0 Å². The van der Waals surface area contributed by atoms with E-state index in [4.69, 9.17) is 11.6 Å². The minimum atomic E-state index is -0.740. The number of nitrogens with zero attached hydrogens (tertiary/aromatic N) is 2. The van der Waals surface area contributed by atoms with E-state index in [0.717, 1.165) is 0 Å². The molecule has 0 aliphatic carbocycles. The molecule has 0 spiro atoms. The number of aromatic nitrogens is 2. The van der Waals surface area contributed by atoms with Gasteiger partial charge in [0.05, 0.1) is 12.4 Å². The normalized spacial score (nSPS) is 19.3. The number of carbonyl (C=O) groups is 3. The average Bonchev–Trinajstić information content (AvgIpc) is 2.32. The zero-order chi connectivity index (χ0) is 13.1. The highest BCUT2D eigenvalue weighted by Gasteiger charge is 2.28. The number of amides is 3. The van der Waals surface area contributed by atoms with E-state index in [0.29, 0.717) is 0 Å². The highest BCUT2D eigenvalue weighted by atomic mass is 35.5. The van der Waals surface area contributed by atoms with Crippen LogP contribution >= 0.6 is 11.6 Å². The molecule has 1 fully saturated rings. The third-order valence-electron chi connectivity index (χ3n) is 2.38. The van der Waals surface area contributed by atoms with Crippen molar-refractivity contribution >= 4 is 29.3 Å². The topological polar surface area (TPSA) is 101 Å². The number of hydrogen-bond acceptors (Lipinski definition) is 5. The maximum atomic E-state index is 11.8. The van der Waals surface area contributed by atoms with Crippen molar-refractivity contribution in [2.24, 2.45) is 0 Å². The van der Waals surface area contributed by atoms with Crippen molar-refractivity contribution in [3.05, 3.63) is 23.2 Å². The summed E-state index contributed by atoms with van der Waals surface area (Å²) in [6, 6.07) is -0.740. The lowest BCUT2D eigenvalue weighted by Gasteiger charge is -2.21. The fourth-order valence-electron chi connectivity index (χ4n) is 1.52. The quantitative estimate of drug-likeness (QED) is 0.715. The molecule has 3 amide bonds. The van der Waals surface area contributed by atoms with E-state index in [1.807, 2.05) is 0 Å². The zero-order valence-electron chi connectivity index (χ0n) is 9.14. The summed E-state index contributed by atoms with van der Waals surface area (Å²) >= 11 is 5.60. The molecule has 1 saturated heterocycles. The molecule has 1 aliphatic heterocycles. The number of rotatable bonds is 2. The minimum absolute atomic E-state index is 0.0206. The van der Waals surface area contributed by atoms with Gasteiger partial charge in [-0.2, -0.15) is 0 Å². The smallest absolute Gasteiger partial charge is 0.272 e. The lowest BCUT2D eigenvalue weighted by atomic mass is 10.1. The van der Waals surface area contributed by atoms with Gasteiger partial charge in [-0.25, -0.2) is 4.98 Å². The summed E-state index contributed by atoms with van der Waals surface area (Å²) in [4.78, 5) is 41.6. The van der Waals surface area contributed by atoms with Gasteiger partial charge in [-0.1, -0.05) is 11.6 Å². The molecule has 1 aromatic rings. The van der Waals surface area contributed by atoms with Crippen molar-refractivity contribution in [1.29, 1.82) is 0 Å². The Kier molecular flexibility index (Phi) is 3.52. The maximum Gasteiger partial charge on any atom is 0.272 e. The van der Waals surface area contributed by atoms with Crippen LogP contribution in [-0.4, -0.2) is 33.7 Å².